The van der Waals surface area contributed by atoms with Crippen LogP contribution < -0.4 is 0 Å². The van der Waals surface area contributed by atoms with E-state index in [1.807, 2.05) is 35.0 Å². The van der Waals surface area contributed by atoms with Crippen LogP contribution in [0.4, 0.5) is 0 Å². The van der Waals surface area contributed by atoms with Gasteiger partial charge in [0.15, 0.2) is 0 Å². The molecule has 0 radical (unpaired) electrons. The second kappa shape index (κ2) is 6.41. The minimum absolute atomic E-state index is 0.184. The highest BCUT2D eigenvalue weighted by Crippen LogP contribution is 2.18. The van der Waals surface area contributed by atoms with Crippen LogP contribution in [0.2, 0.25) is 0 Å². The maximum atomic E-state index is 12.4. The minimum Gasteiger partial charge on any atom is -0.375 e. The van der Waals surface area contributed by atoms with Crippen molar-refractivity contribution in [3.63, 3.8) is 0 Å². The number of hydrogen-bond donors (Lipinski definition) is 0. The molecule has 2 aromatic heterocycles. The van der Waals surface area contributed by atoms with Crippen LogP contribution in [0.3, 0.4) is 0 Å². The second-order valence-corrected chi connectivity index (χ2v) is 5.87. The van der Waals surface area contributed by atoms with Crippen LogP contribution in [0.1, 0.15) is 23.9 Å². The molecule has 0 unspecified atom stereocenters. The lowest BCUT2D eigenvalue weighted by molar-refractivity contribution is -0.131. The van der Waals surface area contributed by atoms with E-state index in [0.29, 0.717) is 26.2 Å². The first-order valence-corrected chi connectivity index (χ1v) is 8.11. The summed E-state index contributed by atoms with van der Waals surface area (Å²) in [5.74, 6) is 0.184. The number of aromatic nitrogens is 2. The topological polar surface area (TPSA) is 47.4 Å². The molecule has 0 aliphatic carbocycles. The molecule has 21 heavy (non-hydrogen) atoms. The Labute approximate surface area is 128 Å². The highest BCUT2D eigenvalue weighted by molar-refractivity contribution is 7.07. The molecule has 5 nitrogen and oxygen atoms in total. The molecule has 3 rings (SSSR count). The van der Waals surface area contributed by atoms with E-state index in [2.05, 4.69) is 9.55 Å². The van der Waals surface area contributed by atoms with Crippen LogP contribution in [0.15, 0.2) is 23.2 Å². The zero-order valence-electron chi connectivity index (χ0n) is 12.1. The van der Waals surface area contributed by atoms with E-state index in [9.17, 15) is 4.79 Å². The summed E-state index contributed by atoms with van der Waals surface area (Å²) in [6.07, 6.45) is 2.34. The van der Waals surface area contributed by atoms with Crippen molar-refractivity contribution in [2.24, 2.45) is 0 Å². The number of ether oxygens (including phenoxy) is 1. The lowest BCUT2D eigenvalue weighted by Crippen LogP contribution is -2.39. The van der Waals surface area contributed by atoms with Gasteiger partial charge in [-0.2, -0.15) is 11.3 Å². The van der Waals surface area contributed by atoms with Gasteiger partial charge in [0.05, 0.1) is 37.3 Å². The number of hydrogen-bond acceptors (Lipinski definition) is 4. The van der Waals surface area contributed by atoms with Gasteiger partial charge in [-0.3, -0.25) is 4.79 Å². The van der Waals surface area contributed by atoms with Crippen molar-refractivity contribution < 1.29 is 9.53 Å². The minimum atomic E-state index is 0.184. The van der Waals surface area contributed by atoms with E-state index in [0.717, 1.165) is 30.0 Å². The van der Waals surface area contributed by atoms with E-state index < -0.39 is 0 Å². The Hall–Kier alpha value is -1.66. The molecule has 2 aromatic rings. The van der Waals surface area contributed by atoms with Gasteiger partial charge in [-0.25, -0.2) is 4.98 Å². The molecular weight excluding hydrogens is 286 g/mol. The fourth-order valence-electron chi connectivity index (χ4n) is 2.52. The quantitative estimate of drug-likeness (QED) is 0.849. The summed E-state index contributed by atoms with van der Waals surface area (Å²) >= 11 is 1.63. The summed E-state index contributed by atoms with van der Waals surface area (Å²) in [5.41, 5.74) is 3.15. The van der Waals surface area contributed by atoms with E-state index in [4.69, 9.17) is 4.74 Å². The van der Waals surface area contributed by atoms with E-state index in [1.165, 1.54) is 0 Å². The Kier molecular flexibility index (Phi) is 4.36. The molecular formula is C15H19N3O2S. The average molecular weight is 305 g/mol. The first-order valence-electron chi connectivity index (χ1n) is 7.17. The summed E-state index contributed by atoms with van der Waals surface area (Å²) in [4.78, 5) is 18.7. The van der Waals surface area contributed by atoms with Gasteiger partial charge >= 0.3 is 0 Å². The third-order valence-electron chi connectivity index (χ3n) is 3.72. The number of thiophene rings is 1. The van der Waals surface area contributed by atoms with Gasteiger partial charge in [0.1, 0.15) is 0 Å². The Morgan fingerprint density at radius 1 is 1.48 bits per heavy atom. The summed E-state index contributed by atoms with van der Waals surface area (Å²) in [7, 11) is 0. The molecule has 1 aliphatic heterocycles. The van der Waals surface area contributed by atoms with Crippen molar-refractivity contribution in [2.75, 3.05) is 13.2 Å². The number of amides is 1. The highest BCUT2D eigenvalue weighted by atomic mass is 32.1. The molecule has 0 spiro atoms. The van der Waals surface area contributed by atoms with Crippen molar-refractivity contribution >= 4 is 17.2 Å². The van der Waals surface area contributed by atoms with Gasteiger partial charge in [0.25, 0.3) is 0 Å². The van der Waals surface area contributed by atoms with Gasteiger partial charge < -0.3 is 14.2 Å². The largest absolute Gasteiger partial charge is 0.375 e. The number of nitrogens with zero attached hydrogens (tertiary/aromatic N) is 3. The van der Waals surface area contributed by atoms with Crippen LogP contribution in [-0.4, -0.2) is 33.5 Å². The summed E-state index contributed by atoms with van der Waals surface area (Å²) in [5, 5.41) is 4.04. The summed E-state index contributed by atoms with van der Waals surface area (Å²) < 4.78 is 7.57. The third-order valence-corrected chi connectivity index (χ3v) is 4.45. The molecule has 3 heterocycles. The number of rotatable bonds is 5. The smallest absolute Gasteiger partial charge is 0.227 e. The number of fused-ring (bicyclic) bond motifs is 1. The van der Waals surface area contributed by atoms with Gasteiger partial charge in [0.2, 0.25) is 5.91 Å². The number of carbonyl (C=O) groups excluding carboxylic acids is 1. The maximum Gasteiger partial charge on any atom is 0.227 e. The zero-order chi connectivity index (χ0) is 14.7. The molecule has 0 fully saturated rings. The van der Waals surface area contributed by atoms with E-state index >= 15 is 0 Å². The molecule has 0 aromatic carbocycles. The molecule has 6 heteroatoms. The molecule has 0 bridgehead atoms. The monoisotopic (exact) mass is 305 g/mol. The van der Waals surface area contributed by atoms with Crippen LogP contribution in [0, 0.1) is 0 Å². The molecule has 0 atom stereocenters. The second-order valence-electron chi connectivity index (χ2n) is 5.09. The predicted octanol–water partition coefficient (Wildman–Crippen LogP) is 2.07. The lowest BCUT2D eigenvalue weighted by Gasteiger charge is -2.28. The number of imidazole rings is 1. The molecule has 0 saturated heterocycles. The number of carbonyl (C=O) groups is 1. The van der Waals surface area contributed by atoms with Gasteiger partial charge in [-0.05, 0) is 29.3 Å². The molecule has 1 aliphatic rings. The Bertz CT molecular complexity index is 606. The first-order chi connectivity index (χ1) is 10.3. The predicted molar refractivity (Wildman–Crippen MR) is 81.0 cm³/mol. The lowest BCUT2D eigenvalue weighted by atomic mass is 10.2. The van der Waals surface area contributed by atoms with Gasteiger partial charge in [0, 0.05) is 19.7 Å². The molecule has 112 valence electrons. The van der Waals surface area contributed by atoms with E-state index in [1.54, 1.807) is 11.3 Å². The van der Waals surface area contributed by atoms with Crippen LogP contribution in [0.5, 0.6) is 0 Å². The SMILES string of the molecule is CCOCc1ncn2c1CN(C(=O)Cc1ccsc1)CC2. The highest BCUT2D eigenvalue weighted by Gasteiger charge is 2.23. The first kappa shape index (κ1) is 14.3. The molecule has 0 N–H and O–H groups in total. The maximum absolute atomic E-state index is 12.4. The van der Waals surface area contributed by atoms with Crippen molar-refractivity contribution in [1.29, 1.82) is 0 Å². The molecule has 0 saturated carbocycles. The summed E-state index contributed by atoms with van der Waals surface area (Å²) in [6, 6.07) is 2.01. The zero-order valence-corrected chi connectivity index (χ0v) is 12.9. The van der Waals surface area contributed by atoms with Crippen molar-refractivity contribution in [1.82, 2.24) is 14.5 Å². The Balaban J connectivity index is 1.68. The fraction of sp³-hybridized carbons (Fsp3) is 0.467. The van der Waals surface area contributed by atoms with Crippen LogP contribution >= 0.6 is 11.3 Å². The standard InChI is InChI=1S/C15H19N3O2S/c1-2-20-9-13-14-8-17(4-5-18(14)11-16-13)15(19)7-12-3-6-21-10-12/h3,6,10-11H,2,4-5,7-9H2,1H3. The molecule has 1 amide bonds. The third kappa shape index (κ3) is 3.16. The Morgan fingerprint density at radius 2 is 2.38 bits per heavy atom. The van der Waals surface area contributed by atoms with Gasteiger partial charge in [-0.1, -0.05) is 0 Å². The van der Waals surface area contributed by atoms with Crippen LogP contribution in [-0.2, 0) is 35.6 Å². The average Bonchev–Trinajstić information content (AvgIpc) is 3.14. The van der Waals surface area contributed by atoms with Crippen LogP contribution in [0.25, 0.3) is 0 Å². The normalized spacial score (nSPS) is 14.2. The van der Waals surface area contributed by atoms with Crippen molar-refractivity contribution in [3.05, 3.63) is 40.1 Å². The Morgan fingerprint density at radius 3 is 3.14 bits per heavy atom. The summed E-state index contributed by atoms with van der Waals surface area (Å²) in [6.45, 7) is 5.35. The van der Waals surface area contributed by atoms with Crippen molar-refractivity contribution in [3.8, 4) is 0 Å². The van der Waals surface area contributed by atoms with Gasteiger partial charge in [-0.15, -0.1) is 0 Å². The fourth-order valence-corrected chi connectivity index (χ4v) is 3.19. The van der Waals surface area contributed by atoms with Crippen molar-refractivity contribution in [2.45, 2.75) is 33.0 Å². The van der Waals surface area contributed by atoms with E-state index in [-0.39, 0.29) is 5.91 Å².